The second-order valence-electron chi connectivity index (χ2n) is 4.35. The molecule has 2 aromatic rings. The minimum absolute atomic E-state index is 0.207. The lowest BCUT2D eigenvalue weighted by Gasteiger charge is -2.15. The van der Waals surface area contributed by atoms with Gasteiger partial charge in [-0.3, -0.25) is 0 Å². The van der Waals surface area contributed by atoms with Crippen LogP contribution < -0.4 is 4.72 Å². The summed E-state index contributed by atoms with van der Waals surface area (Å²) < 4.78 is 28.2. The predicted molar refractivity (Wildman–Crippen MR) is 95.1 cm³/mol. The Labute approximate surface area is 150 Å². The van der Waals surface area contributed by atoms with Gasteiger partial charge in [0.15, 0.2) is 0 Å². The van der Waals surface area contributed by atoms with Gasteiger partial charge in [0.2, 0.25) is 10.0 Å². The summed E-state index contributed by atoms with van der Waals surface area (Å²) >= 11 is 13.6. The first kappa shape index (κ1) is 17.4. The SMILES string of the molecule is O=S(=O)(NC(CBr)Cc1ccccc1)c1cc(Cl)c(Br)s1. The second kappa shape index (κ2) is 7.57. The Balaban J connectivity index is 2.14. The first-order chi connectivity index (χ1) is 9.92. The lowest BCUT2D eigenvalue weighted by Crippen LogP contribution is -2.37. The van der Waals surface area contributed by atoms with Crippen LogP contribution in [0.4, 0.5) is 0 Å². The average molecular weight is 474 g/mol. The summed E-state index contributed by atoms with van der Waals surface area (Å²) in [6.07, 6.45) is 0.617. The minimum Gasteiger partial charge on any atom is -0.206 e. The van der Waals surface area contributed by atoms with Crippen LogP contribution in [0.2, 0.25) is 5.02 Å². The Morgan fingerprint density at radius 1 is 1.29 bits per heavy atom. The van der Waals surface area contributed by atoms with E-state index in [2.05, 4.69) is 36.6 Å². The highest BCUT2D eigenvalue weighted by Gasteiger charge is 2.22. The maximum Gasteiger partial charge on any atom is 0.250 e. The van der Waals surface area contributed by atoms with E-state index in [0.29, 0.717) is 20.6 Å². The summed E-state index contributed by atoms with van der Waals surface area (Å²) in [7, 11) is -3.57. The Morgan fingerprint density at radius 2 is 1.95 bits per heavy atom. The molecule has 0 radical (unpaired) electrons. The number of alkyl halides is 1. The highest BCUT2D eigenvalue weighted by molar-refractivity contribution is 9.11. The van der Waals surface area contributed by atoms with Crippen LogP contribution in [0.1, 0.15) is 5.56 Å². The van der Waals surface area contributed by atoms with E-state index in [-0.39, 0.29) is 10.3 Å². The molecule has 0 aliphatic heterocycles. The summed E-state index contributed by atoms with van der Waals surface area (Å²) in [6, 6.07) is 11.0. The number of thiophene rings is 1. The van der Waals surface area contributed by atoms with E-state index >= 15 is 0 Å². The van der Waals surface area contributed by atoms with Crippen molar-refractivity contribution >= 4 is 64.8 Å². The van der Waals surface area contributed by atoms with Crippen molar-refractivity contribution < 1.29 is 8.42 Å². The van der Waals surface area contributed by atoms with E-state index < -0.39 is 10.0 Å². The molecule has 2 rings (SSSR count). The molecule has 21 heavy (non-hydrogen) atoms. The molecular weight excluding hydrogens is 462 g/mol. The molecule has 0 saturated carbocycles. The smallest absolute Gasteiger partial charge is 0.206 e. The molecule has 8 heteroatoms. The summed E-state index contributed by atoms with van der Waals surface area (Å²) in [4.78, 5) is 0. The van der Waals surface area contributed by atoms with Crippen molar-refractivity contribution in [2.24, 2.45) is 0 Å². The number of hydrogen-bond acceptors (Lipinski definition) is 3. The van der Waals surface area contributed by atoms with E-state index in [1.165, 1.54) is 6.07 Å². The quantitative estimate of drug-likeness (QED) is 0.630. The molecular formula is C13H12Br2ClNO2S2. The second-order valence-corrected chi connectivity index (χ2v) is 9.71. The van der Waals surface area contributed by atoms with Crippen LogP contribution in [0.5, 0.6) is 0 Å². The summed E-state index contributed by atoms with van der Waals surface area (Å²) in [5.74, 6) is 0. The maximum absolute atomic E-state index is 12.4. The van der Waals surface area contributed by atoms with Crippen LogP contribution >= 0.6 is 54.8 Å². The number of hydrogen-bond donors (Lipinski definition) is 1. The lowest BCUT2D eigenvalue weighted by atomic mass is 10.1. The van der Waals surface area contributed by atoms with Crippen LogP contribution in [-0.4, -0.2) is 19.8 Å². The molecule has 0 bridgehead atoms. The molecule has 0 aliphatic carbocycles. The van der Waals surface area contributed by atoms with Gasteiger partial charge in [-0.1, -0.05) is 57.9 Å². The monoisotopic (exact) mass is 471 g/mol. The molecule has 0 amide bonds. The normalized spacial score (nSPS) is 13.3. The summed E-state index contributed by atoms with van der Waals surface area (Å²) in [5.41, 5.74) is 1.08. The van der Waals surface area contributed by atoms with E-state index in [9.17, 15) is 8.42 Å². The van der Waals surface area contributed by atoms with Crippen molar-refractivity contribution in [1.29, 1.82) is 0 Å². The summed E-state index contributed by atoms with van der Waals surface area (Å²) in [5, 5.41) is 0.931. The van der Waals surface area contributed by atoms with Gasteiger partial charge in [-0.25, -0.2) is 13.1 Å². The van der Waals surface area contributed by atoms with Crippen molar-refractivity contribution in [2.45, 2.75) is 16.7 Å². The first-order valence-electron chi connectivity index (χ1n) is 5.99. The average Bonchev–Trinajstić information content (AvgIpc) is 2.80. The fraction of sp³-hybridized carbons (Fsp3) is 0.231. The van der Waals surface area contributed by atoms with Crippen LogP contribution in [0.15, 0.2) is 44.4 Å². The molecule has 1 N–H and O–H groups in total. The predicted octanol–water partition coefficient (Wildman–Crippen LogP) is 4.45. The molecule has 1 heterocycles. The molecule has 1 unspecified atom stereocenters. The van der Waals surface area contributed by atoms with E-state index in [1.54, 1.807) is 0 Å². The number of sulfonamides is 1. The number of rotatable bonds is 6. The number of benzene rings is 1. The van der Waals surface area contributed by atoms with Gasteiger partial charge in [-0.15, -0.1) is 11.3 Å². The van der Waals surface area contributed by atoms with Crippen molar-refractivity contribution in [3.05, 3.63) is 50.8 Å². The van der Waals surface area contributed by atoms with Crippen LogP contribution in [0, 0.1) is 0 Å². The largest absolute Gasteiger partial charge is 0.250 e. The fourth-order valence-corrected chi connectivity index (χ4v) is 6.02. The van der Waals surface area contributed by atoms with Crippen molar-refractivity contribution in [3.63, 3.8) is 0 Å². The van der Waals surface area contributed by atoms with Gasteiger partial charge in [0.1, 0.15) is 4.21 Å². The third-order valence-electron chi connectivity index (χ3n) is 2.72. The molecule has 1 aromatic carbocycles. The Kier molecular flexibility index (Phi) is 6.28. The molecule has 0 saturated heterocycles. The van der Waals surface area contributed by atoms with Gasteiger partial charge in [0.25, 0.3) is 0 Å². The zero-order valence-electron chi connectivity index (χ0n) is 10.7. The molecule has 1 atom stereocenters. The minimum atomic E-state index is -3.57. The lowest BCUT2D eigenvalue weighted by molar-refractivity contribution is 0.564. The van der Waals surface area contributed by atoms with Gasteiger partial charge in [0.05, 0.1) is 8.81 Å². The maximum atomic E-state index is 12.4. The highest BCUT2D eigenvalue weighted by Crippen LogP contribution is 2.34. The Morgan fingerprint density at radius 3 is 2.48 bits per heavy atom. The van der Waals surface area contributed by atoms with Crippen molar-refractivity contribution in [3.8, 4) is 0 Å². The van der Waals surface area contributed by atoms with Gasteiger partial charge >= 0.3 is 0 Å². The third kappa shape index (κ3) is 4.77. The first-order valence-corrected chi connectivity index (χ1v) is 10.6. The third-order valence-corrected chi connectivity index (χ3v) is 7.97. The van der Waals surface area contributed by atoms with Gasteiger partial charge in [-0.05, 0) is 34.0 Å². The van der Waals surface area contributed by atoms with E-state index in [4.69, 9.17) is 11.6 Å². The molecule has 3 nitrogen and oxygen atoms in total. The van der Waals surface area contributed by atoms with Crippen LogP contribution in [0.3, 0.4) is 0 Å². The van der Waals surface area contributed by atoms with Crippen molar-refractivity contribution in [2.75, 3.05) is 5.33 Å². The summed E-state index contributed by atoms with van der Waals surface area (Å²) in [6.45, 7) is 0. The topological polar surface area (TPSA) is 46.2 Å². The Bertz CT molecular complexity index is 685. The van der Waals surface area contributed by atoms with E-state index in [1.807, 2.05) is 30.3 Å². The Hall–Kier alpha value is 0.0800. The van der Waals surface area contributed by atoms with Crippen molar-refractivity contribution in [1.82, 2.24) is 4.72 Å². The van der Waals surface area contributed by atoms with E-state index in [0.717, 1.165) is 16.9 Å². The molecule has 0 fully saturated rings. The highest BCUT2D eigenvalue weighted by atomic mass is 79.9. The number of halogens is 3. The molecule has 0 spiro atoms. The molecule has 114 valence electrons. The molecule has 0 aliphatic rings. The zero-order valence-corrected chi connectivity index (χ0v) is 16.3. The zero-order chi connectivity index (χ0) is 15.5. The van der Waals surface area contributed by atoms with Gasteiger partial charge in [0, 0.05) is 11.4 Å². The fourth-order valence-electron chi connectivity index (χ4n) is 1.76. The standard InChI is InChI=1S/C13H12Br2ClNO2S2/c14-8-10(6-9-4-2-1-3-5-9)17-21(18,19)12-7-11(16)13(15)20-12/h1-5,7,10,17H,6,8H2. The van der Waals surface area contributed by atoms with Crippen LogP contribution in [0.25, 0.3) is 0 Å². The number of nitrogens with one attached hydrogen (secondary N) is 1. The molecule has 1 aromatic heterocycles. The van der Waals surface area contributed by atoms with Crippen LogP contribution in [-0.2, 0) is 16.4 Å². The van der Waals surface area contributed by atoms with Gasteiger partial charge < -0.3 is 0 Å². The van der Waals surface area contributed by atoms with Gasteiger partial charge in [-0.2, -0.15) is 0 Å².